The van der Waals surface area contributed by atoms with E-state index < -0.39 is 0 Å². The summed E-state index contributed by atoms with van der Waals surface area (Å²) in [6, 6.07) is 12.5. The van der Waals surface area contributed by atoms with Crippen molar-refractivity contribution in [2.75, 3.05) is 5.73 Å². The zero-order valence-corrected chi connectivity index (χ0v) is 11.0. The molecule has 0 aliphatic heterocycles. The molecule has 0 radical (unpaired) electrons. The quantitative estimate of drug-likeness (QED) is 0.739. The minimum atomic E-state index is -0.217. The molecule has 0 atom stereocenters. The Hall–Kier alpha value is -1.83. The maximum atomic E-state index is 12.9. The van der Waals surface area contributed by atoms with Gasteiger partial charge in [0.05, 0.1) is 0 Å². The minimum Gasteiger partial charge on any atom is -0.398 e. The number of hydrogen-bond donors (Lipinski definition) is 1. The van der Waals surface area contributed by atoms with E-state index in [1.165, 1.54) is 12.1 Å². The highest BCUT2D eigenvalue weighted by atomic mass is 19.1. The molecule has 0 saturated carbocycles. The monoisotopic (exact) mass is 243 g/mol. The molecule has 0 aliphatic rings. The first-order valence-electron chi connectivity index (χ1n) is 6.04. The maximum absolute atomic E-state index is 12.9. The fourth-order valence-corrected chi connectivity index (χ4v) is 2.03. The number of nitrogens with two attached hydrogens (primary N) is 1. The Morgan fingerprint density at radius 1 is 0.889 bits per heavy atom. The summed E-state index contributed by atoms with van der Waals surface area (Å²) in [4.78, 5) is 0. The van der Waals surface area contributed by atoms with Crippen LogP contribution in [0.25, 0.3) is 11.1 Å². The molecule has 1 nitrogen and oxygen atoms in total. The van der Waals surface area contributed by atoms with Crippen molar-refractivity contribution in [1.29, 1.82) is 0 Å². The average molecular weight is 243 g/mol. The van der Waals surface area contributed by atoms with E-state index in [-0.39, 0.29) is 11.2 Å². The lowest BCUT2D eigenvalue weighted by Gasteiger charge is -2.22. The van der Waals surface area contributed by atoms with E-state index in [9.17, 15) is 4.39 Å². The highest BCUT2D eigenvalue weighted by Crippen LogP contribution is 2.32. The van der Waals surface area contributed by atoms with Gasteiger partial charge >= 0.3 is 0 Å². The highest BCUT2D eigenvalue weighted by molar-refractivity contribution is 5.68. The first-order valence-corrected chi connectivity index (χ1v) is 6.04. The molecule has 2 rings (SSSR count). The van der Waals surface area contributed by atoms with Crippen molar-refractivity contribution in [2.24, 2.45) is 0 Å². The maximum Gasteiger partial charge on any atom is 0.123 e. The second-order valence-electron chi connectivity index (χ2n) is 5.56. The van der Waals surface area contributed by atoms with Crippen molar-refractivity contribution in [3.63, 3.8) is 0 Å². The predicted octanol–water partition coefficient (Wildman–Crippen LogP) is 4.37. The van der Waals surface area contributed by atoms with Gasteiger partial charge in [0.15, 0.2) is 0 Å². The van der Waals surface area contributed by atoms with Gasteiger partial charge in [-0.15, -0.1) is 0 Å². The molecule has 0 saturated heterocycles. The molecule has 0 aliphatic carbocycles. The molecule has 94 valence electrons. The van der Waals surface area contributed by atoms with Crippen molar-refractivity contribution < 1.29 is 4.39 Å². The van der Waals surface area contributed by atoms with Crippen molar-refractivity contribution >= 4 is 5.69 Å². The van der Waals surface area contributed by atoms with Crippen LogP contribution in [0.5, 0.6) is 0 Å². The van der Waals surface area contributed by atoms with Gasteiger partial charge in [-0.1, -0.05) is 39.0 Å². The summed E-state index contributed by atoms with van der Waals surface area (Å²) in [5.41, 5.74) is 10.00. The third-order valence-electron chi connectivity index (χ3n) is 3.04. The lowest BCUT2D eigenvalue weighted by Crippen LogP contribution is -2.13. The van der Waals surface area contributed by atoms with Gasteiger partial charge in [0.2, 0.25) is 0 Å². The Kier molecular flexibility index (Phi) is 3.12. The molecule has 0 bridgehead atoms. The second kappa shape index (κ2) is 4.45. The number of halogens is 1. The Labute approximate surface area is 107 Å². The van der Waals surface area contributed by atoms with Crippen LogP contribution in [-0.2, 0) is 5.41 Å². The zero-order valence-electron chi connectivity index (χ0n) is 11.0. The Balaban J connectivity index is 2.50. The van der Waals surface area contributed by atoms with E-state index in [0.29, 0.717) is 0 Å². The average Bonchev–Trinajstić information content (AvgIpc) is 2.29. The van der Waals surface area contributed by atoms with Crippen molar-refractivity contribution in [3.8, 4) is 11.1 Å². The second-order valence-corrected chi connectivity index (χ2v) is 5.56. The fourth-order valence-electron chi connectivity index (χ4n) is 2.03. The van der Waals surface area contributed by atoms with E-state index in [2.05, 4.69) is 26.8 Å². The van der Waals surface area contributed by atoms with Crippen LogP contribution in [0, 0.1) is 5.82 Å². The highest BCUT2D eigenvalue weighted by Gasteiger charge is 2.17. The normalized spacial score (nSPS) is 11.6. The van der Waals surface area contributed by atoms with Crippen LogP contribution in [0.4, 0.5) is 10.1 Å². The van der Waals surface area contributed by atoms with E-state index in [0.717, 1.165) is 22.4 Å². The first-order chi connectivity index (χ1) is 8.38. The van der Waals surface area contributed by atoms with Crippen LogP contribution in [0.3, 0.4) is 0 Å². The predicted molar refractivity (Wildman–Crippen MR) is 74.9 cm³/mol. The zero-order chi connectivity index (χ0) is 13.3. The van der Waals surface area contributed by atoms with Crippen LogP contribution < -0.4 is 5.73 Å². The Bertz CT molecular complexity index is 550. The van der Waals surface area contributed by atoms with Gasteiger partial charge < -0.3 is 5.73 Å². The molecule has 2 N–H and O–H groups in total. The first kappa shape index (κ1) is 12.6. The molecule has 0 unspecified atom stereocenters. The van der Waals surface area contributed by atoms with Crippen LogP contribution in [0.2, 0.25) is 0 Å². The summed E-state index contributed by atoms with van der Waals surface area (Å²) in [6.07, 6.45) is 0. The van der Waals surface area contributed by atoms with E-state index in [1.807, 2.05) is 12.1 Å². The third-order valence-corrected chi connectivity index (χ3v) is 3.04. The summed E-state index contributed by atoms with van der Waals surface area (Å²) >= 11 is 0. The number of anilines is 1. The smallest absolute Gasteiger partial charge is 0.123 e. The molecule has 2 heteroatoms. The van der Waals surface area contributed by atoms with Crippen LogP contribution in [-0.4, -0.2) is 0 Å². The molecule has 2 aromatic rings. The molecule has 2 aromatic carbocycles. The Morgan fingerprint density at radius 2 is 1.44 bits per heavy atom. The van der Waals surface area contributed by atoms with Gasteiger partial charge in [-0.2, -0.15) is 0 Å². The van der Waals surface area contributed by atoms with Gasteiger partial charge in [-0.05, 0) is 46.4 Å². The van der Waals surface area contributed by atoms with Gasteiger partial charge in [-0.25, -0.2) is 4.39 Å². The van der Waals surface area contributed by atoms with Crippen molar-refractivity contribution in [1.82, 2.24) is 0 Å². The molecule has 0 fully saturated rings. The van der Waals surface area contributed by atoms with Gasteiger partial charge in [-0.3, -0.25) is 0 Å². The summed E-state index contributed by atoms with van der Waals surface area (Å²) in [7, 11) is 0. The topological polar surface area (TPSA) is 26.0 Å². The van der Waals surface area contributed by atoms with Crippen LogP contribution in [0.15, 0.2) is 42.5 Å². The van der Waals surface area contributed by atoms with Crippen molar-refractivity contribution in [3.05, 3.63) is 53.8 Å². The number of hydrogen-bond acceptors (Lipinski definition) is 1. The van der Waals surface area contributed by atoms with Gasteiger partial charge in [0, 0.05) is 5.69 Å². The van der Waals surface area contributed by atoms with Gasteiger partial charge in [0.1, 0.15) is 5.82 Å². The summed E-state index contributed by atoms with van der Waals surface area (Å²) in [6.45, 7) is 6.40. The Morgan fingerprint density at radius 3 is 2.00 bits per heavy atom. The minimum absolute atomic E-state index is 0.000123. The molecule has 0 heterocycles. The number of benzene rings is 2. The fraction of sp³-hybridized carbons (Fsp3) is 0.250. The van der Waals surface area contributed by atoms with Crippen molar-refractivity contribution in [2.45, 2.75) is 26.2 Å². The van der Waals surface area contributed by atoms with E-state index in [4.69, 9.17) is 5.73 Å². The van der Waals surface area contributed by atoms with E-state index in [1.54, 1.807) is 12.1 Å². The summed E-state index contributed by atoms with van der Waals surface area (Å²) in [5, 5.41) is 0. The largest absolute Gasteiger partial charge is 0.398 e. The van der Waals surface area contributed by atoms with Gasteiger partial charge in [0.25, 0.3) is 0 Å². The van der Waals surface area contributed by atoms with Crippen LogP contribution in [0.1, 0.15) is 26.3 Å². The third kappa shape index (κ3) is 2.53. The number of nitrogen functional groups attached to an aromatic ring is 1. The lowest BCUT2D eigenvalue weighted by molar-refractivity contribution is 0.593. The summed E-state index contributed by atoms with van der Waals surface area (Å²) in [5.74, 6) is -0.217. The molecule has 0 aromatic heterocycles. The van der Waals surface area contributed by atoms with Crippen LogP contribution >= 0.6 is 0 Å². The molecular formula is C16H18FN. The summed E-state index contributed by atoms with van der Waals surface area (Å²) < 4.78 is 12.9. The molecule has 0 spiro atoms. The molecule has 18 heavy (non-hydrogen) atoms. The number of rotatable bonds is 1. The molecule has 0 amide bonds. The SMILES string of the molecule is CC(C)(C)c1cc(-c2ccc(F)cc2)ccc1N. The molecular weight excluding hydrogens is 225 g/mol. The lowest BCUT2D eigenvalue weighted by atomic mass is 9.84. The standard InChI is InChI=1S/C16H18FN/c1-16(2,3)14-10-12(6-9-15(14)18)11-4-7-13(17)8-5-11/h4-10H,18H2,1-3H3. The van der Waals surface area contributed by atoms with E-state index >= 15 is 0 Å².